The first kappa shape index (κ1) is 42.8. The molecule has 3 heterocycles. The van der Waals surface area contributed by atoms with Gasteiger partial charge in [-0.05, 0) is 69.0 Å². The number of rotatable bonds is 19. The largest absolute Gasteiger partial charge is 0.481 e. The van der Waals surface area contributed by atoms with Crippen LogP contribution in [0.4, 0.5) is 4.79 Å². The van der Waals surface area contributed by atoms with Crippen molar-refractivity contribution in [3.8, 4) is 17.2 Å². The van der Waals surface area contributed by atoms with E-state index in [1.54, 1.807) is 32.0 Å². The molecule has 15 nitrogen and oxygen atoms in total. The summed E-state index contributed by atoms with van der Waals surface area (Å²) in [6.07, 6.45) is 2.11. The number of aliphatic hydroxyl groups is 1. The Kier molecular flexibility index (Phi) is 16.7. The van der Waals surface area contributed by atoms with E-state index in [1.807, 2.05) is 12.1 Å². The molecule has 2 aromatic carbocycles. The molecule has 2 saturated heterocycles. The summed E-state index contributed by atoms with van der Waals surface area (Å²) < 4.78 is 78.0. The number of carbonyl (C=O) groups is 1. The van der Waals surface area contributed by atoms with Gasteiger partial charge in [0.05, 0.1) is 49.4 Å². The van der Waals surface area contributed by atoms with Crippen LogP contribution < -0.4 is 24.8 Å². The number of benzene rings is 2. The summed E-state index contributed by atoms with van der Waals surface area (Å²) >= 11 is 0. The van der Waals surface area contributed by atoms with E-state index in [0.29, 0.717) is 49.3 Å². The van der Waals surface area contributed by atoms with Crippen molar-refractivity contribution in [3.05, 3.63) is 48.0 Å². The zero-order valence-electron chi connectivity index (χ0n) is 31.2. The van der Waals surface area contributed by atoms with Crippen LogP contribution in [-0.2, 0) is 44.1 Å². The van der Waals surface area contributed by atoms with Gasteiger partial charge in [0.2, 0.25) is 6.79 Å². The summed E-state index contributed by atoms with van der Waals surface area (Å²) in [4.78, 5) is 13.1. The molecule has 2 fully saturated rings. The topological polar surface area (TPSA) is 186 Å². The Bertz CT molecular complexity index is 1580. The van der Waals surface area contributed by atoms with Crippen LogP contribution in [0, 0.1) is 11.8 Å². The van der Waals surface area contributed by atoms with E-state index < -0.39 is 35.7 Å². The Balaban J connectivity index is 0.000000401. The fraction of sp³-hybridized carbons (Fsp3) is 0.639. The first-order valence-electron chi connectivity index (χ1n) is 18.2. The molecule has 0 spiro atoms. The summed E-state index contributed by atoms with van der Waals surface area (Å²) in [6.45, 7) is 10.5. The number of nitrogens with one attached hydrogen (secondary N) is 2. The van der Waals surface area contributed by atoms with E-state index in [1.165, 1.54) is 12.1 Å². The molecule has 3 N–H and O–H groups in total. The molecule has 1 amide bonds. The number of alkyl carbamates (subject to hydrolysis) is 1. The minimum atomic E-state index is -3.33. The second kappa shape index (κ2) is 20.7. The number of amides is 1. The lowest BCUT2D eigenvalue weighted by Crippen LogP contribution is -2.50. The molecule has 0 aliphatic carbocycles. The lowest BCUT2D eigenvalue weighted by molar-refractivity contribution is -0.0907. The fourth-order valence-electron chi connectivity index (χ4n) is 6.05. The van der Waals surface area contributed by atoms with Crippen molar-refractivity contribution >= 4 is 23.5 Å². The number of carbonyl (C=O) groups excluding carboxylic acids is 1. The van der Waals surface area contributed by atoms with Gasteiger partial charge in [-0.15, -0.1) is 0 Å². The molecular formula is C36H55N2O13PS. The average molecular weight is 787 g/mol. The van der Waals surface area contributed by atoms with Gasteiger partial charge in [0.15, 0.2) is 34.0 Å². The Hall–Kier alpha value is -2.95. The third-order valence-corrected chi connectivity index (χ3v) is 12.0. The lowest BCUT2D eigenvalue weighted by Gasteiger charge is -2.26. The third-order valence-electron chi connectivity index (χ3n) is 9.14. The number of fused-ring (bicyclic) bond motifs is 2. The van der Waals surface area contributed by atoms with Gasteiger partial charge in [-0.2, -0.15) is 0 Å². The predicted octanol–water partition coefficient (Wildman–Crippen LogP) is 4.89. The summed E-state index contributed by atoms with van der Waals surface area (Å²) in [5.74, 6) is 2.15. The highest BCUT2D eigenvalue weighted by Gasteiger charge is 2.44. The molecule has 0 unspecified atom stereocenters. The summed E-state index contributed by atoms with van der Waals surface area (Å²) in [5.41, 5.74) is 0.878. The molecule has 3 aliphatic rings. The second-order valence-electron chi connectivity index (χ2n) is 13.0. The molecule has 5 atom stereocenters. The lowest BCUT2D eigenvalue weighted by atomic mass is 10.00. The molecule has 0 aromatic heterocycles. The van der Waals surface area contributed by atoms with Gasteiger partial charge >= 0.3 is 13.7 Å². The minimum Gasteiger partial charge on any atom is -0.481 e. The molecule has 3 aliphatic heterocycles. The number of hydrogen-bond acceptors (Lipinski definition) is 14. The standard InChI is InChI=1S/C28H47N2O9P.C8H8O4S/c1-5-20(6-2)16-29-17-25(31)24(30-28(32)39-26-18-35-27-23(26)13-14-34-27)15-21-9-11-22(12-10-21)36-19-40(33,37-7-3)38-8-4;1-13(9,10)6-2-3-7-8(4-6)12-5-11-7/h9-12,20,23-27,29,31H,5-8,13-19H2,1-4H3,(H,30,32);2-4H,5H2,1H3/t23-,24-,25+,26-,27+;/m0./s1. The smallest absolute Gasteiger partial charge is 0.407 e. The van der Waals surface area contributed by atoms with Crippen LogP contribution in [0.2, 0.25) is 0 Å². The van der Waals surface area contributed by atoms with E-state index in [4.69, 9.17) is 37.5 Å². The van der Waals surface area contributed by atoms with Gasteiger partial charge in [-0.25, -0.2) is 13.2 Å². The van der Waals surface area contributed by atoms with Gasteiger partial charge in [-0.1, -0.05) is 38.8 Å². The maximum Gasteiger partial charge on any atom is 0.407 e. The second-order valence-corrected chi connectivity index (χ2v) is 17.0. The Labute approximate surface area is 312 Å². The van der Waals surface area contributed by atoms with E-state index in [-0.39, 0.29) is 49.6 Å². The zero-order valence-corrected chi connectivity index (χ0v) is 32.9. The molecule has 0 radical (unpaired) electrons. The first-order chi connectivity index (χ1) is 25.4. The maximum absolute atomic E-state index is 12.9. The number of aliphatic hydroxyl groups excluding tert-OH is 1. The van der Waals surface area contributed by atoms with Crippen LogP contribution >= 0.6 is 7.60 Å². The Morgan fingerprint density at radius 2 is 1.68 bits per heavy atom. The third kappa shape index (κ3) is 13.1. The summed E-state index contributed by atoms with van der Waals surface area (Å²) in [6, 6.07) is 11.2. The molecule has 53 heavy (non-hydrogen) atoms. The summed E-state index contributed by atoms with van der Waals surface area (Å²) in [7, 11) is -6.49. The van der Waals surface area contributed by atoms with Gasteiger partial charge in [-0.3, -0.25) is 4.57 Å². The minimum absolute atomic E-state index is 0.0316. The SMILES string of the molecule is CCOP(=O)(COc1ccc(C[C@H](NC(=O)O[C@H]2CO[C@H]3OCC[C@H]32)[C@H](O)CNCC(CC)CC)cc1)OCC.CS(=O)(=O)c1ccc2c(c1)OCO2. The Morgan fingerprint density at radius 1 is 0.981 bits per heavy atom. The molecule has 5 rings (SSSR count). The highest BCUT2D eigenvalue weighted by molar-refractivity contribution is 7.90. The normalized spacial score (nSPS) is 20.3. The summed E-state index contributed by atoms with van der Waals surface area (Å²) in [5, 5.41) is 17.3. The van der Waals surface area contributed by atoms with Gasteiger partial charge < -0.3 is 53.2 Å². The fourth-order valence-corrected chi connectivity index (χ4v) is 8.00. The van der Waals surface area contributed by atoms with Crippen molar-refractivity contribution < 1.29 is 60.4 Å². The van der Waals surface area contributed by atoms with Crippen LogP contribution in [0.5, 0.6) is 17.2 Å². The molecule has 2 aromatic rings. The van der Waals surface area contributed by atoms with Crippen molar-refractivity contribution in [3.63, 3.8) is 0 Å². The molecule has 17 heteroatoms. The van der Waals surface area contributed by atoms with Crippen LogP contribution in [0.15, 0.2) is 47.4 Å². The Morgan fingerprint density at radius 3 is 2.34 bits per heavy atom. The van der Waals surface area contributed by atoms with Crippen LogP contribution in [-0.4, -0.2) is 103 Å². The van der Waals surface area contributed by atoms with Gasteiger partial charge in [0, 0.05) is 18.9 Å². The number of hydrogen-bond donors (Lipinski definition) is 3. The maximum atomic E-state index is 12.9. The molecule has 0 bridgehead atoms. The first-order valence-corrected chi connectivity index (χ1v) is 21.8. The van der Waals surface area contributed by atoms with Crippen molar-refractivity contribution in [2.75, 3.05) is 58.9 Å². The monoisotopic (exact) mass is 786 g/mol. The van der Waals surface area contributed by atoms with E-state index in [0.717, 1.165) is 37.6 Å². The van der Waals surface area contributed by atoms with Crippen molar-refractivity contribution in [2.24, 2.45) is 11.8 Å². The van der Waals surface area contributed by atoms with Crippen molar-refractivity contribution in [1.29, 1.82) is 0 Å². The van der Waals surface area contributed by atoms with Crippen LogP contribution in [0.25, 0.3) is 0 Å². The quantitative estimate of drug-likeness (QED) is 0.163. The highest BCUT2D eigenvalue weighted by atomic mass is 32.2. The zero-order chi connectivity index (χ0) is 38.4. The van der Waals surface area contributed by atoms with Crippen LogP contribution in [0.3, 0.4) is 0 Å². The van der Waals surface area contributed by atoms with E-state index in [2.05, 4.69) is 24.5 Å². The van der Waals surface area contributed by atoms with E-state index >= 15 is 0 Å². The van der Waals surface area contributed by atoms with Crippen molar-refractivity contribution in [2.45, 2.75) is 82.8 Å². The highest BCUT2D eigenvalue weighted by Crippen LogP contribution is 2.48. The number of sulfone groups is 1. The molecule has 298 valence electrons. The predicted molar refractivity (Wildman–Crippen MR) is 196 cm³/mol. The van der Waals surface area contributed by atoms with Gasteiger partial charge in [0.1, 0.15) is 11.9 Å². The average Bonchev–Trinajstić information content (AvgIpc) is 3.89. The van der Waals surface area contributed by atoms with Gasteiger partial charge in [0.25, 0.3) is 0 Å². The molecular weight excluding hydrogens is 731 g/mol. The number of ether oxygens (including phenoxy) is 6. The van der Waals surface area contributed by atoms with Crippen molar-refractivity contribution in [1.82, 2.24) is 10.6 Å². The van der Waals surface area contributed by atoms with Crippen LogP contribution in [0.1, 0.15) is 52.5 Å². The van der Waals surface area contributed by atoms with E-state index in [9.17, 15) is 22.9 Å². The molecule has 0 saturated carbocycles.